The molecule has 1 saturated heterocycles. The highest BCUT2D eigenvalue weighted by molar-refractivity contribution is 8.00. The summed E-state index contributed by atoms with van der Waals surface area (Å²) in [7, 11) is 0. The molecule has 1 aromatic carbocycles. The minimum Gasteiger partial charge on any atom is -0.321 e. The Morgan fingerprint density at radius 2 is 2.25 bits per heavy atom. The van der Waals surface area contributed by atoms with E-state index in [1.165, 1.54) is 0 Å². The molecule has 0 amide bonds. The van der Waals surface area contributed by atoms with Gasteiger partial charge in [0.15, 0.2) is 5.78 Å². The van der Waals surface area contributed by atoms with Crippen LogP contribution in [0, 0.1) is 0 Å². The molecule has 1 aliphatic heterocycles. The highest BCUT2D eigenvalue weighted by atomic mass is 32.2. The first-order valence-electron chi connectivity index (χ1n) is 5.45. The number of rotatable bonds is 4. The van der Waals surface area contributed by atoms with Crippen LogP contribution in [0.15, 0.2) is 30.3 Å². The first kappa shape index (κ1) is 11.6. The van der Waals surface area contributed by atoms with Crippen LogP contribution in [0.5, 0.6) is 0 Å². The summed E-state index contributed by atoms with van der Waals surface area (Å²) < 4.78 is 0. The molecule has 16 heavy (non-hydrogen) atoms. The van der Waals surface area contributed by atoms with Gasteiger partial charge in [-0.25, -0.2) is 0 Å². The van der Waals surface area contributed by atoms with Crippen molar-refractivity contribution in [3.05, 3.63) is 35.9 Å². The summed E-state index contributed by atoms with van der Waals surface area (Å²) in [5.74, 6) is 1.11. The largest absolute Gasteiger partial charge is 0.321 e. The van der Waals surface area contributed by atoms with E-state index in [9.17, 15) is 4.79 Å². The lowest BCUT2D eigenvalue weighted by Gasteiger charge is -2.15. The second-order valence-electron chi connectivity index (χ2n) is 3.90. The van der Waals surface area contributed by atoms with Gasteiger partial charge in [-0.1, -0.05) is 30.3 Å². The molecule has 3 N–H and O–H groups in total. The molecular weight excluding hydrogens is 220 g/mol. The fourth-order valence-electron chi connectivity index (χ4n) is 1.77. The van der Waals surface area contributed by atoms with Crippen molar-refractivity contribution < 1.29 is 4.79 Å². The molecule has 0 aromatic heterocycles. The quantitative estimate of drug-likeness (QED) is 0.811. The molecule has 1 fully saturated rings. The molecule has 0 aliphatic carbocycles. The molecule has 0 bridgehead atoms. The van der Waals surface area contributed by atoms with Crippen molar-refractivity contribution >= 4 is 17.5 Å². The highest BCUT2D eigenvalue weighted by Gasteiger charge is 2.27. The molecule has 3 nitrogen and oxygen atoms in total. The third-order valence-electron chi connectivity index (χ3n) is 2.64. The molecule has 1 aliphatic rings. The van der Waals surface area contributed by atoms with Gasteiger partial charge in [0, 0.05) is 12.3 Å². The van der Waals surface area contributed by atoms with Crippen LogP contribution in [-0.4, -0.2) is 29.5 Å². The Morgan fingerprint density at radius 3 is 2.88 bits per heavy atom. The summed E-state index contributed by atoms with van der Waals surface area (Å²) in [6.45, 7) is 0.902. The van der Waals surface area contributed by atoms with E-state index in [1.54, 1.807) is 11.8 Å². The van der Waals surface area contributed by atoms with E-state index in [2.05, 4.69) is 5.32 Å². The molecule has 0 saturated carbocycles. The summed E-state index contributed by atoms with van der Waals surface area (Å²) in [5.41, 5.74) is 7.04. The number of hydrogen-bond acceptors (Lipinski definition) is 4. The van der Waals surface area contributed by atoms with Crippen molar-refractivity contribution in [2.75, 3.05) is 12.3 Å². The zero-order valence-electron chi connectivity index (χ0n) is 9.06. The average Bonchev–Trinajstić information content (AvgIpc) is 2.83. The van der Waals surface area contributed by atoms with Crippen LogP contribution in [0.1, 0.15) is 5.56 Å². The van der Waals surface area contributed by atoms with Crippen molar-refractivity contribution in [3.8, 4) is 0 Å². The topological polar surface area (TPSA) is 55.1 Å². The maximum Gasteiger partial charge on any atom is 0.176 e. The highest BCUT2D eigenvalue weighted by Crippen LogP contribution is 2.16. The second kappa shape index (κ2) is 5.48. The number of nitrogens with one attached hydrogen (secondary N) is 1. The van der Waals surface area contributed by atoms with Gasteiger partial charge >= 0.3 is 0 Å². The molecule has 1 heterocycles. The predicted molar refractivity (Wildman–Crippen MR) is 67.4 cm³/mol. The zero-order chi connectivity index (χ0) is 11.4. The Balaban J connectivity index is 1.92. The third-order valence-corrected chi connectivity index (χ3v) is 3.81. The van der Waals surface area contributed by atoms with Crippen LogP contribution in [0.3, 0.4) is 0 Å². The van der Waals surface area contributed by atoms with Gasteiger partial charge in [-0.2, -0.15) is 0 Å². The maximum absolute atomic E-state index is 11.9. The van der Waals surface area contributed by atoms with E-state index in [1.807, 2.05) is 30.3 Å². The minimum atomic E-state index is -0.398. The standard InChI is InChI=1S/C12H16N2OS/c13-10(8-9-4-2-1-3-5-9)11(15)12-14-6-7-16-12/h1-5,10,12,14H,6-8,13H2/t10-,12?/m0/s1. The molecule has 1 aromatic rings. The molecule has 0 radical (unpaired) electrons. The fourth-order valence-corrected chi connectivity index (χ4v) is 2.82. The van der Waals surface area contributed by atoms with Gasteiger partial charge in [0.05, 0.1) is 6.04 Å². The summed E-state index contributed by atoms with van der Waals surface area (Å²) >= 11 is 1.65. The van der Waals surface area contributed by atoms with Gasteiger partial charge in [-0.15, -0.1) is 11.8 Å². The first-order chi connectivity index (χ1) is 7.77. The van der Waals surface area contributed by atoms with Crippen LogP contribution < -0.4 is 11.1 Å². The zero-order valence-corrected chi connectivity index (χ0v) is 9.87. The van der Waals surface area contributed by atoms with E-state index in [0.717, 1.165) is 17.9 Å². The number of thioether (sulfide) groups is 1. The second-order valence-corrected chi connectivity index (χ2v) is 5.12. The van der Waals surface area contributed by atoms with Gasteiger partial charge in [-0.3, -0.25) is 10.1 Å². The summed E-state index contributed by atoms with van der Waals surface area (Å²) in [6.07, 6.45) is 0.623. The van der Waals surface area contributed by atoms with Gasteiger partial charge < -0.3 is 5.73 Å². The summed E-state index contributed by atoms with van der Waals surface area (Å²) in [6, 6.07) is 9.51. The van der Waals surface area contributed by atoms with E-state index < -0.39 is 6.04 Å². The summed E-state index contributed by atoms with van der Waals surface area (Å²) in [5, 5.41) is 3.06. The molecular formula is C12H16N2OS. The van der Waals surface area contributed by atoms with Gasteiger partial charge in [0.25, 0.3) is 0 Å². The minimum absolute atomic E-state index is 0.0984. The van der Waals surface area contributed by atoms with Crippen molar-refractivity contribution in [2.24, 2.45) is 5.73 Å². The Labute approximate surface area is 99.8 Å². The number of ketones is 1. The average molecular weight is 236 g/mol. The maximum atomic E-state index is 11.9. The molecule has 86 valence electrons. The Kier molecular flexibility index (Phi) is 3.98. The fraction of sp³-hybridized carbons (Fsp3) is 0.417. The molecule has 0 spiro atoms. The van der Waals surface area contributed by atoms with Gasteiger partial charge in [-0.05, 0) is 12.0 Å². The number of nitrogens with two attached hydrogens (primary N) is 1. The van der Waals surface area contributed by atoms with E-state index in [-0.39, 0.29) is 11.2 Å². The monoisotopic (exact) mass is 236 g/mol. The van der Waals surface area contributed by atoms with Crippen LogP contribution in [0.25, 0.3) is 0 Å². The van der Waals surface area contributed by atoms with Crippen LogP contribution in [0.2, 0.25) is 0 Å². The SMILES string of the molecule is N[C@@H](Cc1ccccc1)C(=O)C1NCCS1. The van der Waals surface area contributed by atoms with Crippen molar-refractivity contribution in [1.82, 2.24) is 5.32 Å². The number of hydrogen-bond donors (Lipinski definition) is 2. The van der Waals surface area contributed by atoms with Gasteiger partial charge in [0.1, 0.15) is 5.37 Å². The third kappa shape index (κ3) is 2.84. The Bertz CT molecular complexity index is 349. The normalized spacial score (nSPS) is 21.9. The van der Waals surface area contributed by atoms with Crippen molar-refractivity contribution in [1.29, 1.82) is 0 Å². The molecule has 2 rings (SSSR count). The van der Waals surface area contributed by atoms with E-state index in [4.69, 9.17) is 5.73 Å². The lowest BCUT2D eigenvalue weighted by Crippen LogP contribution is -2.43. The number of Topliss-reactive ketones (excluding diaryl/α,β-unsaturated/α-hetero) is 1. The van der Waals surface area contributed by atoms with Crippen molar-refractivity contribution in [3.63, 3.8) is 0 Å². The lowest BCUT2D eigenvalue weighted by atomic mass is 10.0. The van der Waals surface area contributed by atoms with E-state index in [0.29, 0.717) is 6.42 Å². The molecule has 4 heteroatoms. The van der Waals surface area contributed by atoms with Crippen LogP contribution >= 0.6 is 11.8 Å². The number of carbonyl (C=O) groups is 1. The molecule has 2 atom stereocenters. The Hall–Kier alpha value is -0.840. The lowest BCUT2D eigenvalue weighted by molar-refractivity contribution is -0.120. The smallest absolute Gasteiger partial charge is 0.176 e. The summed E-state index contributed by atoms with van der Waals surface area (Å²) in [4.78, 5) is 11.9. The van der Waals surface area contributed by atoms with Gasteiger partial charge in [0.2, 0.25) is 0 Å². The predicted octanol–water partition coefficient (Wildman–Crippen LogP) is 0.788. The van der Waals surface area contributed by atoms with Crippen LogP contribution in [0.4, 0.5) is 0 Å². The number of benzene rings is 1. The number of carbonyl (C=O) groups excluding carboxylic acids is 1. The van der Waals surface area contributed by atoms with Crippen LogP contribution in [-0.2, 0) is 11.2 Å². The Morgan fingerprint density at radius 1 is 1.50 bits per heavy atom. The first-order valence-corrected chi connectivity index (χ1v) is 6.50. The molecule has 1 unspecified atom stereocenters. The van der Waals surface area contributed by atoms with E-state index >= 15 is 0 Å². The van der Waals surface area contributed by atoms with Crippen molar-refractivity contribution in [2.45, 2.75) is 17.8 Å².